The van der Waals surface area contributed by atoms with Gasteiger partial charge in [-0.2, -0.15) is 0 Å². The molecule has 4 heterocycles. The number of carbonyl (C=O) groups is 2. The highest BCUT2D eigenvalue weighted by Crippen LogP contribution is 2.39. The van der Waals surface area contributed by atoms with Crippen molar-refractivity contribution in [3.63, 3.8) is 0 Å². The number of hydrogen-bond donors (Lipinski definition) is 2. The second-order valence-corrected chi connectivity index (χ2v) is 11.8. The quantitative estimate of drug-likeness (QED) is 0.147. The third-order valence-corrected chi connectivity index (χ3v) is 9.11. The van der Waals surface area contributed by atoms with Crippen molar-refractivity contribution >= 4 is 62.6 Å². The summed E-state index contributed by atoms with van der Waals surface area (Å²) in [5.41, 5.74) is 11.0. The number of amides is 1. The minimum Gasteiger partial charge on any atom is -0.398 e. The summed E-state index contributed by atoms with van der Waals surface area (Å²) in [5, 5.41) is 7.93. The van der Waals surface area contributed by atoms with E-state index in [2.05, 4.69) is 17.0 Å². The maximum atomic E-state index is 12.9. The number of nitrogens with two attached hydrogens (primary N) is 1. The smallest absolute Gasteiger partial charge is 0.223 e. The van der Waals surface area contributed by atoms with Gasteiger partial charge in [0.2, 0.25) is 5.91 Å². The molecule has 224 valence electrons. The van der Waals surface area contributed by atoms with Crippen LogP contribution in [0.4, 0.5) is 11.5 Å². The predicted molar refractivity (Wildman–Crippen MR) is 177 cm³/mol. The largest absolute Gasteiger partial charge is 0.398 e. The standard InChI is InChI=1S/C34H34N6O3S/c35-22-27-26(7-4-8-28(27)36)33-37-29-21-30(44-32(29)34(38-33)40-17-19-43-20-18-40)24-13-15-39(16-14-24)31(42)12-11-25(41)10-9-23-5-2-1-3-6-23/h1-10,13,21-22,35H,11-12,14-20,36H2/b10-9+,35-22?. The van der Waals surface area contributed by atoms with Crippen molar-refractivity contribution in [1.82, 2.24) is 14.9 Å². The molecule has 1 fully saturated rings. The molecule has 2 aliphatic heterocycles. The molecule has 0 aliphatic carbocycles. The van der Waals surface area contributed by atoms with Crippen LogP contribution < -0.4 is 10.6 Å². The van der Waals surface area contributed by atoms with E-state index in [0.29, 0.717) is 43.4 Å². The third-order valence-electron chi connectivity index (χ3n) is 7.91. The van der Waals surface area contributed by atoms with E-state index < -0.39 is 0 Å². The molecule has 2 aromatic heterocycles. The van der Waals surface area contributed by atoms with Crippen molar-refractivity contribution in [2.24, 2.45) is 0 Å². The number of ketones is 1. The van der Waals surface area contributed by atoms with E-state index in [1.807, 2.05) is 47.4 Å². The van der Waals surface area contributed by atoms with E-state index in [1.165, 1.54) is 11.8 Å². The highest BCUT2D eigenvalue weighted by molar-refractivity contribution is 7.20. The summed E-state index contributed by atoms with van der Waals surface area (Å²) in [4.78, 5) is 40.3. The maximum Gasteiger partial charge on any atom is 0.223 e. The highest BCUT2D eigenvalue weighted by Gasteiger charge is 2.24. The number of fused-ring (bicyclic) bond motifs is 1. The van der Waals surface area contributed by atoms with Crippen LogP contribution in [0.3, 0.4) is 0 Å². The first-order chi connectivity index (χ1) is 21.5. The molecular formula is C34H34N6O3S. The Hall–Kier alpha value is -4.67. The van der Waals surface area contributed by atoms with Gasteiger partial charge >= 0.3 is 0 Å². The van der Waals surface area contributed by atoms with Crippen LogP contribution in [0, 0.1) is 5.41 Å². The lowest BCUT2D eigenvalue weighted by atomic mass is 10.0. The van der Waals surface area contributed by atoms with Gasteiger partial charge in [-0.15, -0.1) is 11.3 Å². The Labute approximate surface area is 260 Å². The highest BCUT2D eigenvalue weighted by atomic mass is 32.1. The predicted octanol–water partition coefficient (Wildman–Crippen LogP) is 5.45. The average molecular weight is 607 g/mol. The molecule has 0 atom stereocenters. The Balaban J connectivity index is 1.19. The number of aromatic nitrogens is 2. The fourth-order valence-electron chi connectivity index (χ4n) is 5.47. The fourth-order valence-corrected chi connectivity index (χ4v) is 6.65. The van der Waals surface area contributed by atoms with Gasteiger partial charge in [0, 0.05) is 66.9 Å². The number of nitrogens with one attached hydrogen (secondary N) is 1. The lowest BCUT2D eigenvalue weighted by molar-refractivity contribution is -0.132. The summed E-state index contributed by atoms with van der Waals surface area (Å²) < 4.78 is 6.61. The normalized spacial score (nSPS) is 15.5. The number of thiophene rings is 1. The zero-order chi connectivity index (χ0) is 30.5. The first kappa shape index (κ1) is 29.4. The Morgan fingerprint density at radius 2 is 1.84 bits per heavy atom. The number of carbonyl (C=O) groups excluding carboxylic acids is 2. The molecule has 0 radical (unpaired) electrons. The van der Waals surface area contributed by atoms with Crippen molar-refractivity contribution < 1.29 is 14.3 Å². The van der Waals surface area contributed by atoms with Crippen LogP contribution in [0.15, 0.2) is 66.7 Å². The zero-order valence-electron chi connectivity index (χ0n) is 24.4. The number of anilines is 2. The van der Waals surface area contributed by atoms with Gasteiger partial charge in [-0.1, -0.05) is 54.6 Å². The third kappa shape index (κ3) is 6.46. The van der Waals surface area contributed by atoms with E-state index in [1.54, 1.807) is 29.6 Å². The molecule has 6 rings (SSSR count). The molecule has 2 aromatic carbocycles. The first-order valence-corrected chi connectivity index (χ1v) is 15.6. The van der Waals surface area contributed by atoms with E-state index in [0.717, 1.165) is 51.5 Å². The maximum absolute atomic E-state index is 12.9. The summed E-state index contributed by atoms with van der Waals surface area (Å²) >= 11 is 1.67. The minimum atomic E-state index is -0.0526. The number of hydrogen-bond acceptors (Lipinski definition) is 9. The van der Waals surface area contributed by atoms with Gasteiger partial charge in [0.15, 0.2) is 17.4 Å². The Bertz CT molecular complexity index is 1760. The molecule has 1 saturated heterocycles. The number of morpholine rings is 1. The summed E-state index contributed by atoms with van der Waals surface area (Å²) in [7, 11) is 0. The molecule has 0 bridgehead atoms. The van der Waals surface area contributed by atoms with Crippen LogP contribution in [0.1, 0.15) is 35.3 Å². The Kier molecular flexibility index (Phi) is 8.90. The fraction of sp³-hybridized carbons (Fsp3) is 0.265. The van der Waals surface area contributed by atoms with Crippen molar-refractivity contribution in [2.45, 2.75) is 19.3 Å². The van der Waals surface area contributed by atoms with Gasteiger partial charge in [0.05, 0.1) is 23.4 Å². The molecule has 1 amide bonds. The summed E-state index contributed by atoms with van der Waals surface area (Å²) in [6.07, 6.45) is 7.82. The zero-order valence-corrected chi connectivity index (χ0v) is 25.2. The monoisotopic (exact) mass is 606 g/mol. The number of ether oxygens (including phenoxy) is 1. The number of allylic oxidation sites excluding steroid dienone is 1. The van der Waals surface area contributed by atoms with Crippen LogP contribution in [-0.4, -0.2) is 72.2 Å². The lowest BCUT2D eigenvalue weighted by Gasteiger charge is -2.28. The molecule has 10 heteroatoms. The molecule has 0 spiro atoms. The topological polar surface area (TPSA) is 125 Å². The average Bonchev–Trinajstić information content (AvgIpc) is 3.51. The van der Waals surface area contributed by atoms with Crippen LogP contribution in [0.25, 0.3) is 33.3 Å². The summed E-state index contributed by atoms with van der Waals surface area (Å²) in [6.45, 7) is 3.84. The van der Waals surface area contributed by atoms with Crippen molar-refractivity contribution in [3.8, 4) is 11.4 Å². The number of benzene rings is 2. The van der Waals surface area contributed by atoms with Crippen LogP contribution >= 0.6 is 11.3 Å². The second-order valence-electron chi connectivity index (χ2n) is 10.8. The van der Waals surface area contributed by atoms with Gasteiger partial charge in [-0.05, 0) is 35.8 Å². The number of nitrogen functional groups attached to an aromatic ring is 1. The van der Waals surface area contributed by atoms with E-state index in [4.69, 9.17) is 25.8 Å². The second kappa shape index (κ2) is 13.3. The molecule has 0 saturated carbocycles. The summed E-state index contributed by atoms with van der Waals surface area (Å²) in [5.74, 6) is 1.34. The van der Waals surface area contributed by atoms with Gasteiger partial charge in [0.1, 0.15) is 0 Å². The number of rotatable bonds is 9. The molecule has 2 aliphatic rings. The summed E-state index contributed by atoms with van der Waals surface area (Å²) in [6, 6.07) is 17.3. The van der Waals surface area contributed by atoms with Gasteiger partial charge in [-0.3, -0.25) is 9.59 Å². The molecule has 4 aromatic rings. The molecule has 44 heavy (non-hydrogen) atoms. The van der Waals surface area contributed by atoms with Crippen LogP contribution in [0.2, 0.25) is 0 Å². The SMILES string of the molecule is N=Cc1c(N)cccc1-c1nc(N2CCOCC2)c2sc(C3=CCN(C(=O)CCC(=O)/C=C/c4ccccc4)CC3)cc2n1. The van der Waals surface area contributed by atoms with Gasteiger partial charge < -0.3 is 25.7 Å². The number of nitrogens with zero attached hydrogens (tertiary/aromatic N) is 4. The van der Waals surface area contributed by atoms with Crippen molar-refractivity contribution in [3.05, 3.63) is 82.8 Å². The minimum absolute atomic E-state index is 0.00708. The molecule has 3 N–H and O–H groups in total. The van der Waals surface area contributed by atoms with Crippen LogP contribution in [-0.2, 0) is 14.3 Å². The van der Waals surface area contributed by atoms with E-state index in [-0.39, 0.29) is 24.5 Å². The van der Waals surface area contributed by atoms with Crippen molar-refractivity contribution in [2.75, 3.05) is 50.0 Å². The molecular weight excluding hydrogens is 572 g/mol. The van der Waals surface area contributed by atoms with Crippen molar-refractivity contribution in [1.29, 1.82) is 5.41 Å². The van der Waals surface area contributed by atoms with Gasteiger partial charge in [-0.25, -0.2) is 9.97 Å². The first-order valence-electron chi connectivity index (χ1n) is 14.8. The molecule has 9 nitrogen and oxygen atoms in total. The Morgan fingerprint density at radius 3 is 2.59 bits per heavy atom. The van der Waals surface area contributed by atoms with E-state index in [9.17, 15) is 9.59 Å². The van der Waals surface area contributed by atoms with E-state index >= 15 is 0 Å². The van der Waals surface area contributed by atoms with Gasteiger partial charge in [0.25, 0.3) is 0 Å². The molecule has 0 unspecified atom stereocenters. The Morgan fingerprint density at radius 1 is 1.02 bits per heavy atom. The lowest BCUT2D eigenvalue weighted by Crippen LogP contribution is -2.36. The van der Waals surface area contributed by atoms with Crippen LogP contribution in [0.5, 0.6) is 0 Å².